The number of urea groups is 1. The first kappa shape index (κ1) is 14.8. The fourth-order valence-corrected chi connectivity index (χ4v) is 2.32. The fraction of sp³-hybridized carbons (Fsp3) is 0.462. The van der Waals surface area contributed by atoms with E-state index in [2.05, 4.69) is 31.5 Å². The molecule has 1 fully saturated rings. The summed E-state index contributed by atoms with van der Waals surface area (Å²) in [6.45, 7) is 0.324. The van der Waals surface area contributed by atoms with E-state index < -0.39 is 5.97 Å². The zero-order chi connectivity index (χ0) is 14.5. The molecule has 0 radical (unpaired) electrons. The summed E-state index contributed by atoms with van der Waals surface area (Å²) in [7, 11) is 0. The van der Waals surface area contributed by atoms with Crippen LogP contribution in [0.1, 0.15) is 37.3 Å². The number of amides is 2. The molecule has 0 spiro atoms. The van der Waals surface area contributed by atoms with Crippen LogP contribution in [-0.2, 0) is 4.79 Å². The lowest BCUT2D eigenvalue weighted by Gasteiger charge is -2.08. The Morgan fingerprint density at radius 2 is 2.15 bits per heavy atom. The number of carbonyl (C=O) groups is 2. The van der Waals surface area contributed by atoms with Gasteiger partial charge in [-0.05, 0) is 47.3 Å². The fourth-order valence-electron chi connectivity index (χ4n) is 1.77. The van der Waals surface area contributed by atoms with Gasteiger partial charge >= 0.3 is 12.0 Å². The molecule has 1 aliphatic carbocycles. The first-order valence-electron chi connectivity index (χ1n) is 6.49. The first-order valence-corrected chi connectivity index (χ1v) is 7.28. The van der Waals surface area contributed by atoms with E-state index in [-0.39, 0.29) is 12.5 Å². The predicted molar refractivity (Wildman–Crippen MR) is 77.8 cm³/mol. The van der Waals surface area contributed by atoms with Crippen molar-refractivity contribution in [3.05, 3.63) is 22.3 Å². The summed E-state index contributed by atoms with van der Waals surface area (Å²) in [6.07, 6.45) is 2.72. The molecule has 108 valence electrons. The lowest BCUT2D eigenvalue weighted by Crippen LogP contribution is -2.30. The molecule has 2 rings (SSSR count). The Balaban J connectivity index is 1.82. The monoisotopic (exact) mass is 341 g/mol. The highest BCUT2D eigenvalue weighted by Gasteiger charge is 2.27. The molecular formula is C13H16BrN3O3. The molecule has 6 nitrogen and oxygen atoms in total. The molecule has 1 saturated carbocycles. The van der Waals surface area contributed by atoms with Crippen LogP contribution < -0.4 is 10.6 Å². The summed E-state index contributed by atoms with van der Waals surface area (Å²) in [4.78, 5) is 26.4. The Morgan fingerprint density at radius 1 is 1.40 bits per heavy atom. The molecule has 0 atom stereocenters. The van der Waals surface area contributed by atoms with Crippen molar-refractivity contribution < 1.29 is 14.7 Å². The third-order valence-electron chi connectivity index (χ3n) is 2.93. The molecule has 7 heteroatoms. The highest BCUT2D eigenvalue weighted by Crippen LogP contribution is 2.42. The minimum atomic E-state index is -0.865. The summed E-state index contributed by atoms with van der Waals surface area (Å²) in [6, 6.07) is 3.24. The standard InChI is InChI=1S/C13H16BrN3O3/c14-9-5-6-10(16-12(9)8-3-4-8)17-13(20)15-7-1-2-11(18)19/h5-6,8H,1-4,7H2,(H,18,19)(H2,15,16,17,20). The van der Waals surface area contributed by atoms with Gasteiger partial charge in [-0.15, -0.1) is 0 Å². The molecule has 0 bridgehead atoms. The van der Waals surface area contributed by atoms with Crippen LogP contribution in [0.25, 0.3) is 0 Å². The average molecular weight is 342 g/mol. The quantitative estimate of drug-likeness (QED) is 0.693. The lowest BCUT2D eigenvalue weighted by molar-refractivity contribution is -0.137. The maximum absolute atomic E-state index is 11.6. The van der Waals surface area contributed by atoms with Crippen LogP contribution in [0, 0.1) is 0 Å². The van der Waals surface area contributed by atoms with Gasteiger partial charge in [-0.1, -0.05) is 0 Å². The second kappa shape index (κ2) is 6.69. The number of hydrogen-bond acceptors (Lipinski definition) is 3. The molecule has 0 saturated heterocycles. The molecule has 20 heavy (non-hydrogen) atoms. The molecule has 0 aliphatic heterocycles. The van der Waals surface area contributed by atoms with Gasteiger partial charge in [-0.3, -0.25) is 10.1 Å². The Kier molecular flexibility index (Phi) is 4.94. The van der Waals surface area contributed by atoms with Gasteiger partial charge in [0.2, 0.25) is 0 Å². The number of rotatable bonds is 6. The van der Waals surface area contributed by atoms with E-state index in [0.717, 1.165) is 23.0 Å². The SMILES string of the molecule is O=C(O)CCCNC(=O)Nc1ccc(Br)c(C2CC2)n1. The van der Waals surface area contributed by atoms with Crippen molar-refractivity contribution in [3.63, 3.8) is 0 Å². The molecule has 3 N–H and O–H groups in total. The molecule has 2 amide bonds. The van der Waals surface area contributed by atoms with Crippen LogP contribution >= 0.6 is 15.9 Å². The molecule has 1 heterocycles. The smallest absolute Gasteiger partial charge is 0.320 e. The normalized spacial score (nSPS) is 13.8. The van der Waals surface area contributed by atoms with Crippen molar-refractivity contribution >= 4 is 33.7 Å². The van der Waals surface area contributed by atoms with E-state index in [4.69, 9.17) is 5.11 Å². The minimum Gasteiger partial charge on any atom is -0.481 e. The van der Waals surface area contributed by atoms with Crippen LogP contribution in [0.4, 0.5) is 10.6 Å². The molecule has 1 aromatic rings. The van der Waals surface area contributed by atoms with Crippen molar-refractivity contribution in [2.45, 2.75) is 31.6 Å². The topological polar surface area (TPSA) is 91.3 Å². The highest BCUT2D eigenvalue weighted by molar-refractivity contribution is 9.10. The summed E-state index contributed by atoms with van der Waals surface area (Å²) in [5.41, 5.74) is 0.980. The van der Waals surface area contributed by atoms with Gasteiger partial charge in [-0.2, -0.15) is 0 Å². The lowest BCUT2D eigenvalue weighted by atomic mass is 10.2. The van der Waals surface area contributed by atoms with Crippen molar-refractivity contribution in [1.82, 2.24) is 10.3 Å². The van der Waals surface area contributed by atoms with Gasteiger partial charge in [0.15, 0.2) is 0 Å². The van der Waals surface area contributed by atoms with Crippen LogP contribution in [0.3, 0.4) is 0 Å². The number of hydrogen-bond donors (Lipinski definition) is 3. The maximum Gasteiger partial charge on any atom is 0.320 e. The zero-order valence-electron chi connectivity index (χ0n) is 10.9. The maximum atomic E-state index is 11.6. The molecular weight excluding hydrogens is 326 g/mol. The summed E-state index contributed by atoms with van der Waals surface area (Å²) in [5.74, 6) is 0.131. The van der Waals surface area contributed by atoms with Gasteiger partial charge in [-0.25, -0.2) is 9.78 Å². The summed E-state index contributed by atoms with van der Waals surface area (Å²) in [5, 5.41) is 13.7. The number of carboxylic acid groups (broad SMARTS) is 1. The Morgan fingerprint density at radius 3 is 2.80 bits per heavy atom. The minimum absolute atomic E-state index is 0.0443. The third-order valence-corrected chi connectivity index (χ3v) is 3.60. The van der Waals surface area contributed by atoms with Gasteiger partial charge in [0, 0.05) is 23.4 Å². The van der Waals surface area contributed by atoms with Gasteiger partial charge in [0.25, 0.3) is 0 Å². The predicted octanol–water partition coefficient (Wildman–Crippen LogP) is 2.71. The van der Waals surface area contributed by atoms with E-state index >= 15 is 0 Å². The van der Waals surface area contributed by atoms with Crippen LogP contribution in [0.5, 0.6) is 0 Å². The van der Waals surface area contributed by atoms with Crippen LogP contribution in [0.2, 0.25) is 0 Å². The van der Waals surface area contributed by atoms with E-state index in [1.165, 1.54) is 0 Å². The van der Waals surface area contributed by atoms with E-state index in [9.17, 15) is 9.59 Å². The number of anilines is 1. The second-order valence-corrected chi connectivity index (χ2v) is 5.57. The van der Waals surface area contributed by atoms with Gasteiger partial charge in [0.1, 0.15) is 5.82 Å². The number of carboxylic acids is 1. The highest BCUT2D eigenvalue weighted by atomic mass is 79.9. The number of aliphatic carboxylic acids is 1. The number of carbonyl (C=O) groups excluding carboxylic acids is 1. The van der Waals surface area contributed by atoms with E-state index in [1.807, 2.05) is 6.07 Å². The van der Waals surface area contributed by atoms with Crippen molar-refractivity contribution in [1.29, 1.82) is 0 Å². The number of halogens is 1. The summed E-state index contributed by atoms with van der Waals surface area (Å²) < 4.78 is 0.965. The van der Waals surface area contributed by atoms with Crippen LogP contribution in [0.15, 0.2) is 16.6 Å². The largest absolute Gasteiger partial charge is 0.481 e. The zero-order valence-corrected chi connectivity index (χ0v) is 12.4. The number of nitrogens with zero attached hydrogens (tertiary/aromatic N) is 1. The van der Waals surface area contributed by atoms with Crippen molar-refractivity contribution in [2.75, 3.05) is 11.9 Å². The van der Waals surface area contributed by atoms with E-state index in [1.54, 1.807) is 6.07 Å². The van der Waals surface area contributed by atoms with Gasteiger partial charge < -0.3 is 10.4 Å². The Labute approximate surface area is 125 Å². The number of nitrogens with one attached hydrogen (secondary N) is 2. The Hall–Kier alpha value is -1.63. The third kappa shape index (κ3) is 4.48. The molecule has 0 unspecified atom stereocenters. The second-order valence-electron chi connectivity index (χ2n) is 4.72. The molecule has 1 aliphatic rings. The molecule has 1 aromatic heterocycles. The summed E-state index contributed by atoms with van der Waals surface area (Å²) >= 11 is 3.46. The number of aromatic nitrogens is 1. The van der Waals surface area contributed by atoms with Crippen molar-refractivity contribution in [3.8, 4) is 0 Å². The van der Waals surface area contributed by atoms with E-state index in [0.29, 0.717) is 24.7 Å². The number of pyridine rings is 1. The van der Waals surface area contributed by atoms with Crippen LogP contribution in [-0.4, -0.2) is 28.6 Å². The van der Waals surface area contributed by atoms with Gasteiger partial charge in [0.05, 0.1) is 5.69 Å². The first-order chi connectivity index (χ1) is 9.56. The molecule has 0 aromatic carbocycles. The average Bonchev–Trinajstić information content (AvgIpc) is 3.21. The Bertz CT molecular complexity index is 518. The van der Waals surface area contributed by atoms with Crippen molar-refractivity contribution in [2.24, 2.45) is 0 Å².